The van der Waals surface area contributed by atoms with Gasteiger partial charge in [0.1, 0.15) is 12.4 Å². The third-order valence-electron chi connectivity index (χ3n) is 3.23. The highest BCUT2D eigenvalue weighted by molar-refractivity contribution is 5.82. The van der Waals surface area contributed by atoms with Crippen molar-refractivity contribution in [2.45, 2.75) is 13.5 Å². The molecule has 0 saturated heterocycles. The molecule has 3 nitrogen and oxygen atoms in total. The number of pyridine rings is 1. The van der Waals surface area contributed by atoms with E-state index in [1.165, 1.54) is 0 Å². The van der Waals surface area contributed by atoms with Crippen LogP contribution in [-0.4, -0.2) is 4.98 Å². The Morgan fingerprint density at radius 2 is 1.80 bits per heavy atom. The Morgan fingerprint density at radius 3 is 2.65 bits per heavy atom. The van der Waals surface area contributed by atoms with Gasteiger partial charge in [0, 0.05) is 16.6 Å². The van der Waals surface area contributed by atoms with Crippen molar-refractivity contribution in [2.24, 2.45) is 0 Å². The number of nitrogens with two attached hydrogens (primary N) is 1. The highest BCUT2D eigenvalue weighted by Crippen LogP contribution is 2.24. The summed E-state index contributed by atoms with van der Waals surface area (Å²) in [5.41, 5.74) is 9.65. The van der Waals surface area contributed by atoms with Crippen molar-refractivity contribution in [3.63, 3.8) is 0 Å². The Bertz CT molecular complexity index is 753. The molecule has 0 amide bonds. The lowest BCUT2D eigenvalue weighted by molar-refractivity contribution is 0.309. The highest BCUT2D eigenvalue weighted by Gasteiger charge is 2.05. The molecule has 1 aromatic heterocycles. The van der Waals surface area contributed by atoms with Crippen LogP contribution in [0.15, 0.2) is 54.6 Å². The zero-order valence-electron chi connectivity index (χ0n) is 11.3. The summed E-state index contributed by atoms with van der Waals surface area (Å²) in [4.78, 5) is 4.53. The zero-order valence-corrected chi connectivity index (χ0v) is 11.3. The SMILES string of the molecule is Cc1cc(COc2ccccc2N)c2ccccc2n1. The van der Waals surface area contributed by atoms with Crippen molar-refractivity contribution >= 4 is 16.6 Å². The normalized spacial score (nSPS) is 10.7. The number of hydrogen-bond acceptors (Lipinski definition) is 3. The van der Waals surface area contributed by atoms with Crippen molar-refractivity contribution in [3.8, 4) is 5.75 Å². The van der Waals surface area contributed by atoms with E-state index in [0.29, 0.717) is 18.0 Å². The van der Waals surface area contributed by atoms with E-state index in [0.717, 1.165) is 22.2 Å². The van der Waals surface area contributed by atoms with Crippen LogP contribution in [0.1, 0.15) is 11.3 Å². The van der Waals surface area contributed by atoms with Gasteiger partial charge in [-0.15, -0.1) is 0 Å². The molecule has 0 unspecified atom stereocenters. The summed E-state index contributed by atoms with van der Waals surface area (Å²) in [7, 11) is 0. The number of aryl methyl sites for hydroxylation is 1. The summed E-state index contributed by atoms with van der Waals surface area (Å²) < 4.78 is 5.83. The van der Waals surface area contributed by atoms with Crippen molar-refractivity contribution in [3.05, 3.63) is 65.9 Å². The van der Waals surface area contributed by atoms with Gasteiger partial charge in [-0.25, -0.2) is 0 Å². The lowest BCUT2D eigenvalue weighted by Crippen LogP contribution is -2.00. The number of nitrogens with zero attached hydrogens (tertiary/aromatic N) is 1. The maximum Gasteiger partial charge on any atom is 0.142 e. The van der Waals surface area contributed by atoms with Crippen LogP contribution in [0, 0.1) is 6.92 Å². The first-order chi connectivity index (χ1) is 9.74. The molecular weight excluding hydrogens is 248 g/mol. The topological polar surface area (TPSA) is 48.1 Å². The predicted octanol–water partition coefficient (Wildman–Crippen LogP) is 3.70. The van der Waals surface area contributed by atoms with Crippen molar-refractivity contribution in [2.75, 3.05) is 5.73 Å². The molecule has 0 radical (unpaired) electrons. The minimum Gasteiger partial charge on any atom is -0.487 e. The van der Waals surface area contributed by atoms with Crippen LogP contribution in [0.3, 0.4) is 0 Å². The van der Waals surface area contributed by atoms with Crippen LogP contribution in [0.5, 0.6) is 5.75 Å². The van der Waals surface area contributed by atoms with Gasteiger partial charge in [-0.1, -0.05) is 30.3 Å². The summed E-state index contributed by atoms with van der Waals surface area (Å²) in [6.07, 6.45) is 0. The van der Waals surface area contributed by atoms with Gasteiger partial charge < -0.3 is 10.5 Å². The molecular formula is C17H16N2O. The molecule has 2 N–H and O–H groups in total. The van der Waals surface area contributed by atoms with Crippen LogP contribution in [0.2, 0.25) is 0 Å². The van der Waals surface area contributed by atoms with Crippen molar-refractivity contribution < 1.29 is 4.74 Å². The molecule has 3 aromatic rings. The van der Waals surface area contributed by atoms with Crippen LogP contribution < -0.4 is 10.5 Å². The molecule has 0 spiro atoms. The third kappa shape index (κ3) is 2.43. The zero-order chi connectivity index (χ0) is 13.9. The largest absolute Gasteiger partial charge is 0.487 e. The monoisotopic (exact) mass is 264 g/mol. The first-order valence-electron chi connectivity index (χ1n) is 6.56. The standard InChI is InChI=1S/C17H16N2O/c1-12-10-13(14-6-2-4-8-16(14)19-12)11-20-17-9-5-3-7-15(17)18/h2-10H,11,18H2,1H3. The summed E-state index contributed by atoms with van der Waals surface area (Å²) in [5, 5.41) is 1.12. The van der Waals surface area contributed by atoms with Crippen LogP contribution in [-0.2, 0) is 6.61 Å². The van der Waals surface area contributed by atoms with E-state index in [2.05, 4.69) is 17.1 Å². The Kier molecular flexibility index (Phi) is 3.25. The van der Waals surface area contributed by atoms with E-state index >= 15 is 0 Å². The average Bonchev–Trinajstić information content (AvgIpc) is 2.46. The van der Waals surface area contributed by atoms with E-state index in [9.17, 15) is 0 Å². The number of rotatable bonds is 3. The number of hydrogen-bond donors (Lipinski definition) is 1. The molecule has 100 valence electrons. The number of ether oxygens (including phenoxy) is 1. The molecule has 20 heavy (non-hydrogen) atoms. The molecule has 3 rings (SSSR count). The van der Waals surface area contributed by atoms with Crippen molar-refractivity contribution in [1.29, 1.82) is 0 Å². The summed E-state index contributed by atoms with van der Waals surface area (Å²) >= 11 is 0. The first-order valence-corrected chi connectivity index (χ1v) is 6.56. The Labute approximate surface area is 118 Å². The highest BCUT2D eigenvalue weighted by atomic mass is 16.5. The quantitative estimate of drug-likeness (QED) is 0.734. The maximum atomic E-state index is 5.89. The number of anilines is 1. The minimum atomic E-state index is 0.484. The second-order valence-corrected chi connectivity index (χ2v) is 4.77. The van der Waals surface area contributed by atoms with Gasteiger partial charge in [0.25, 0.3) is 0 Å². The summed E-state index contributed by atoms with van der Waals surface area (Å²) in [5.74, 6) is 0.714. The molecule has 0 fully saturated rings. The minimum absolute atomic E-state index is 0.484. The Morgan fingerprint density at radius 1 is 1.05 bits per heavy atom. The summed E-state index contributed by atoms with van der Waals surface area (Å²) in [6, 6.07) is 17.7. The van der Waals surface area contributed by atoms with Gasteiger partial charge in [0.15, 0.2) is 0 Å². The lowest BCUT2D eigenvalue weighted by atomic mass is 10.1. The Balaban J connectivity index is 1.93. The van der Waals surface area contributed by atoms with Gasteiger partial charge >= 0.3 is 0 Å². The second-order valence-electron chi connectivity index (χ2n) is 4.77. The van der Waals surface area contributed by atoms with Crippen LogP contribution in [0.4, 0.5) is 5.69 Å². The van der Waals surface area contributed by atoms with E-state index < -0.39 is 0 Å². The van der Waals surface area contributed by atoms with E-state index in [1.807, 2.05) is 49.4 Å². The lowest BCUT2D eigenvalue weighted by Gasteiger charge is -2.11. The number of para-hydroxylation sites is 3. The molecule has 0 aliphatic carbocycles. The molecule has 2 aromatic carbocycles. The van der Waals surface area contributed by atoms with Gasteiger partial charge in [-0.3, -0.25) is 4.98 Å². The molecule has 0 atom stereocenters. The fourth-order valence-electron chi connectivity index (χ4n) is 2.28. The van der Waals surface area contributed by atoms with Gasteiger partial charge in [-0.05, 0) is 31.2 Å². The molecule has 3 heteroatoms. The smallest absolute Gasteiger partial charge is 0.142 e. The molecule has 0 bridgehead atoms. The van der Waals surface area contributed by atoms with E-state index in [4.69, 9.17) is 10.5 Å². The fraction of sp³-hybridized carbons (Fsp3) is 0.118. The molecule has 0 saturated carbocycles. The van der Waals surface area contributed by atoms with Crippen LogP contribution in [0.25, 0.3) is 10.9 Å². The molecule has 0 aliphatic heterocycles. The average molecular weight is 264 g/mol. The van der Waals surface area contributed by atoms with Gasteiger partial charge in [-0.2, -0.15) is 0 Å². The van der Waals surface area contributed by atoms with Crippen molar-refractivity contribution in [1.82, 2.24) is 4.98 Å². The number of aromatic nitrogens is 1. The maximum absolute atomic E-state index is 5.89. The Hall–Kier alpha value is -2.55. The van der Waals surface area contributed by atoms with Gasteiger partial charge in [0.05, 0.1) is 11.2 Å². The van der Waals surface area contributed by atoms with Crippen LogP contribution >= 0.6 is 0 Å². The fourth-order valence-corrected chi connectivity index (χ4v) is 2.28. The third-order valence-corrected chi connectivity index (χ3v) is 3.23. The predicted molar refractivity (Wildman–Crippen MR) is 81.7 cm³/mol. The molecule has 1 heterocycles. The second kappa shape index (κ2) is 5.21. The number of fused-ring (bicyclic) bond motifs is 1. The number of benzene rings is 2. The number of nitrogen functional groups attached to an aromatic ring is 1. The van der Waals surface area contributed by atoms with E-state index in [-0.39, 0.29) is 0 Å². The van der Waals surface area contributed by atoms with E-state index in [1.54, 1.807) is 0 Å². The molecule has 0 aliphatic rings. The summed E-state index contributed by atoms with van der Waals surface area (Å²) in [6.45, 7) is 2.48. The first kappa shape index (κ1) is 12.5. The van der Waals surface area contributed by atoms with Gasteiger partial charge in [0.2, 0.25) is 0 Å².